The van der Waals surface area contributed by atoms with Crippen molar-refractivity contribution in [3.63, 3.8) is 0 Å². The van der Waals surface area contributed by atoms with Crippen molar-refractivity contribution in [3.05, 3.63) is 89.5 Å². The molecule has 3 aromatic carbocycles. The van der Waals surface area contributed by atoms with E-state index in [4.69, 9.17) is 0 Å². The van der Waals surface area contributed by atoms with Crippen LogP contribution in [0.3, 0.4) is 0 Å². The number of nitrogens with zero attached hydrogens (tertiary/aromatic N) is 1. The van der Waals surface area contributed by atoms with Gasteiger partial charge in [0.25, 0.3) is 0 Å². The normalized spacial score (nSPS) is 13.6. The number of ketones is 1. The molecule has 0 aromatic heterocycles. The number of Topliss-reactive ketones (excluding diaryl/α,β-unsaturated/α-hetero) is 1. The van der Waals surface area contributed by atoms with E-state index in [1.165, 1.54) is 13.0 Å². The number of fused-ring (bicyclic) bond motifs is 1. The lowest BCUT2D eigenvalue weighted by Gasteiger charge is -2.20. The average molecular weight is 520 g/mol. The molecule has 1 aliphatic rings. The van der Waals surface area contributed by atoms with E-state index in [1.807, 2.05) is 30.3 Å². The molecule has 0 aliphatic carbocycles. The molecule has 3 aromatic rings. The predicted molar refractivity (Wildman–Crippen MR) is 142 cm³/mol. The maximum Gasteiger partial charge on any atom is 0.242 e. The van der Waals surface area contributed by atoms with Crippen LogP contribution in [0, 0.1) is 0 Å². The minimum atomic E-state index is -4.06. The first-order valence-corrected chi connectivity index (χ1v) is 13.6. The van der Waals surface area contributed by atoms with Crippen molar-refractivity contribution in [2.24, 2.45) is 0 Å². The number of carbonyl (C=O) groups is 3. The van der Waals surface area contributed by atoms with Crippen molar-refractivity contribution < 1.29 is 22.8 Å². The summed E-state index contributed by atoms with van der Waals surface area (Å²) in [6.45, 7) is 3.76. The first-order chi connectivity index (χ1) is 17.7. The van der Waals surface area contributed by atoms with Gasteiger partial charge in [0.2, 0.25) is 21.8 Å². The Bertz CT molecular complexity index is 1420. The fourth-order valence-electron chi connectivity index (χ4n) is 4.31. The van der Waals surface area contributed by atoms with Crippen LogP contribution in [0.5, 0.6) is 0 Å². The zero-order valence-corrected chi connectivity index (χ0v) is 21.5. The van der Waals surface area contributed by atoms with Crippen LogP contribution in [0.15, 0.2) is 77.7 Å². The quantitative estimate of drug-likeness (QED) is 0.419. The summed E-state index contributed by atoms with van der Waals surface area (Å²) >= 11 is 0. The smallest absolute Gasteiger partial charge is 0.242 e. The molecule has 192 valence electrons. The number of carbonyl (C=O) groups excluding carboxylic acids is 3. The molecule has 1 atom stereocenters. The Balaban J connectivity index is 1.57. The summed E-state index contributed by atoms with van der Waals surface area (Å²) in [6, 6.07) is 19.1. The van der Waals surface area contributed by atoms with Gasteiger partial charge in [-0.3, -0.25) is 14.4 Å². The number of anilines is 2. The second kappa shape index (κ2) is 11.1. The average Bonchev–Trinajstić information content (AvgIpc) is 3.32. The summed E-state index contributed by atoms with van der Waals surface area (Å²) in [4.78, 5) is 38.7. The number of nitrogens with one attached hydrogen (secondary N) is 2. The van der Waals surface area contributed by atoms with Crippen LogP contribution < -0.4 is 14.9 Å². The van der Waals surface area contributed by atoms with Gasteiger partial charge in [0.1, 0.15) is 6.04 Å². The van der Waals surface area contributed by atoms with Crippen LogP contribution in [0.25, 0.3) is 0 Å². The molecular formula is C28H29N3O5S. The van der Waals surface area contributed by atoms with Gasteiger partial charge >= 0.3 is 0 Å². The van der Waals surface area contributed by atoms with Gasteiger partial charge in [-0.25, -0.2) is 8.42 Å². The summed E-state index contributed by atoms with van der Waals surface area (Å²) < 4.78 is 29.3. The highest BCUT2D eigenvalue weighted by atomic mass is 32.2. The summed E-state index contributed by atoms with van der Waals surface area (Å²) in [5.41, 5.74) is 3.25. The molecular weight excluding hydrogens is 490 g/mol. The lowest BCUT2D eigenvalue weighted by molar-refractivity contribution is -0.118. The Hall–Kier alpha value is -3.82. The fraction of sp³-hybridized carbons (Fsp3) is 0.250. The SMILES string of the molecule is CCC(=O)N1CCc2cc(S(=O)(=O)NC(Cc3ccccc3)C(=O)Nc3ccc(C(C)=O)cc3)ccc21. The van der Waals surface area contributed by atoms with E-state index in [1.54, 1.807) is 48.2 Å². The number of sulfonamides is 1. The number of hydrogen-bond donors (Lipinski definition) is 2. The van der Waals surface area contributed by atoms with Gasteiger partial charge in [0, 0.05) is 29.9 Å². The Morgan fingerprint density at radius 2 is 1.68 bits per heavy atom. The molecule has 0 saturated heterocycles. The third-order valence-electron chi connectivity index (χ3n) is 6.32. The molecule has 0 fully saturated rings. The van der Waals surface area contributed by atoms with Crippen LogP contribution in [0.1, 0.15) is 41.8 Å². The molecule has 0 bridgehead atoms. The van der Waals surface area contributed by atoms with Crippen LogP contribution in [-0.2, 0) is 32.5 Å². The van der Waals surface area contributed by atoms with E-state index in [2.05, 4.69) is 10.0 Å². The molecule has 37 heavy (non-hydrogen) atoms. The van der Waals surface area contributed by atoms with Gasteiger partial charge in [-0.2, -0.15) is 4.72 Å². The van der Waals surface area contributed by atoms with E-state index in [0.29, 0.717) is 30.6 Å². The van der Waals surface area contributed by atoms with Crippen molar-refractivity contribution in [1.29, 1.82) is 0 Å². The highest BCUT2D eigenvalue weighted by molar-refractivity contribution is 7.89. The van der Waals surface area contributed by atoms with Crippen LogP contribution in [0.4, 0.5) is 11.4 Å². The second-order valence-corrected chi connectivity index (χ2v) is 10.6. The standard InChI is InChI=1S/C28H29N3O5S/c1-3-27(33)31-16-15-22-18-24(13-14-26(22)31)37(35,36)30-25(17-20-7-5-4-6-8-20)28(34)29-23-11-9-21(10-12-23)19(2)32/h4-14,18,25,30H,3,15-17H2,1-2H3,(H,29,34). The van der Waals surface area contributed by atoms with Crippen molar-refractivity contribution in [2.75, 3.05) is 16.8 Å². The van der Waals surface area contributed by atoms with E-state index < -0.39 is 22.0 Å². The Morgan fingerprint density at radius 3 is 2.32 bits per heavy atom. The van der Waals surface area contributed by atoms with Crippen LogP contribution >= 0.6 is 0 Å². The second-order valence-electron chi connectivity index (χ2n) is 8.93. The summed E-state index contributed by atoms with van der Waals surface area (Å²) in [5.74, 6) is -0.628. The van der Waals surface area contributed by atoms with E-state index in [9.17, 15) is 22.8 Å². The molecule has 2 amide bonds. The van der Waals surface area contributed by atoms with Gasteiger partial charge < -0.3 is 10.2 Å². The van der Waals surface area contributed by atoms with Crippen molar-refractivity contribution >= 4 is 39.0 Å². The zero-order chi connectivity index (χ0) is 26.6. The highest BCUT2D eigenvalue weighted by Crippen LogP contribution is 2.30. The molecule has 0 saturated carbocycles. The number of benzene rings is 3. The summed E-state index contributed by atoms with van der Waals surface area (Å²) in [5, 5.41) is 2.75. The summed E-state index contributed by atoms with van der Waals surface area (Å²) in [6.07, 6.45) is 1.07. The molecule has 1 aliphatic heterocycles. The lowest BCUT2D eigenvalue weighted by atomic mass is 10.1. The van der Waals surface area contributed by atoms with Crippen molar-refractivity contribution in [1.82, 2.24) is 4.72 Å². The van der Waals surface area contributed by atoms with Crippen LogP contribution in [0.2, 0.25) is 0 Å². The molecule has 1 unspecified atom stereocenters. The van der Waals surface area contributed by atoms with E-state index in [0.717, 1.165) is 16.8 Å². The summed E-state index contributed by atoms with van der Waals surface area (Å²) in [7, 11) is -4.06. The minimum absolute atomic E-state index is 0.0107. The topological polar surface area (TPSA) is 113 Å². The lowest BCUT2D eigenvalue weighted by Crippen LogP contribution is -2.45. The first kappa shape index (κ1) is 26.2. The molecule has 8 nitrogen and oxygen atoms in total. The van der Waals surface area contributed by atoms with Gasteiger partial charge in [-0.15, -0.1) is 0 Å². The Kier molecular flexibility index (Phi) is 7.85. The largest absolute Gasteiger partial charge is 0.325 e. The monoisotopic (exact) mass is 519 g/mol. The number of hydrogen-bond acceptors (Lipinski definition) is 5. The van der Waals surface area contributed by atoms with Gasteiger partial charge in [0.15, 0.2) is 5.78 Å². The Labute approximate surface area is 216 Å². The third kappa shape index (κ3) is 6.12. The third-order valence-corrected chi connectivity index (χ3v) is 7.79. The molecule has 1 heterocycles. The fourth-order valence-corrected chi connectivity index (χ4v) is 5.55. The van der Waals surface area contributed by atoms with Crippen LogP contribution in [-0.4, -0.2) is 38.6 Å². The number of rotatable bonds is 9. The Morgan fingerprint density at radius 1 is 0.973 bits per heavy atom. The molecule has 4 rings (SSSR count). The van der Waals surface area contributed by atoms with Crippen molar-refractivity contribution in [2.45, 2.75) is 44.0 Å². The molecule has 9 heteroatoms. The first-order valence-electron chi connectivity index (χ1n) is 12.1. The maximum atomic E-state index is 13.4. The predicted octanol–water partition coefficient (Wildman–Crippen LogP) is 3.72. The molecule has 0 spiro atoms. The molecule has 2 N–H and O–H groups in total. The number of amides is 2. The maximum absolute atomic E-state index is 13.4. The van der Waals surface area contributed by atoms with Crippen molar-refractivity contribution in [3.8, 4) is 0 Å². The van der Waals surface area contributed by atoms with Gasteiger partial charge in [0.05, 0.1) is 4.90 Å². The minimum Gasteiger partial charge on any atom is -0.325 e. The zero-order valence-electron chi connectivity index (χ0n) is 20.7. The highest BCUT2D eigenvalue weighted by Gasteiger charge is 2.29. The van der Waals surface area contributed by atoms with Gasteiger partial charge in [-0.1, -0.05) is 37.3 Å². The van der Waals surface area contributed by atoms with E-state index >= 15 is 0 Å². The van der Waals surface area contributed by atoms with E-state index in [-0.39, 0.29) is 23.0 Å². The van der Waals surface area contributed by atoms with Gasteiger partial charge in [-0.05, 0) is 73.4 Å². The molecule has 0 radical (unpaired) electrons.